The van der Waals surface area contributed by atoms with Gasteiger partial charge in [-0.25, -0.2) is 4.98 Å². The summed E-state index contributed by atoms with van der Waals surface area (Å²) in [6, 6.07) is 12.5. The number of hydrogen-bond donors (Lipinski definition) is 3. The van der Waals surface area contributed by atoms with Crippen molar-refractivity contribution in [2.45, 2.75) is 23.1 Å². The van der Waals surface area contributed by atoms with Gasteiger partial charge in [-0.2, -0.15) is 0 Å². The van der Waals surface area contributed by atoms with Gasteiger partial charge in [0.1, 0.15) is 5.75 Å². The van der Waals surface area contributed by atoms with E-state index in [2.05, 4.69) is 25.6 Å². The Bertz CT molecular complexity index is 1490. The van der Waals surface area contributed by atoms with Gasteiger partial charge in [-0.15, -0.1) is 0 Å². The molecule has 4 aromatic rings. The van der Waals surface area contributed by atoms with E-state index in [1.165, 1.54) is 11.8 Å². The summed E-state index contributed by atoms with van der Waals surface area (Å²) >= 11 is 1.46. The van der Waals surface area contributed by atoms with Crippen molar-refractivity contribution in [1.82, 2.24) is 15.0 Å². The highest BCUT2D eigenvalue weighted by atomic mass is 32.2. The number of ether oxygens (including phenoxy) is 1. The van der Waals surface area contributed by atoms with E-state index < -0.39 is 0 Å². The molecule has 2 aromatic heterocycles. The molecule has 170 valence electrons. The quantitative estimate of drug-likeness (QED) is 0.406. The standard InChI is InChI=1S/C24H19N5O4S/c1-13-2-4-16-21(22(13)34-15-6-8-25-9-7-15)23(32)29-24(27-16)28-19(30)11-14-3-5-18-17(10-14)26-20(31)12-33-18/h2-10H,11-12H2,1H3,(H,26,31)(H2,27,28,29,30,32). The molecular weight excluding hydrogens is 454 g/mol. The number of hydrogen-bond acceptors (Lipinski definition) is 7. The maximum absolute atomic E-state index is 13.0. The van der Waals surface area contributed by atoms with Crippen molar-refractivity contribution in [1.29, 1.82) is 0 Å². The number of aromatic nitrogens is 3. The van der Waals surface area contributed by atoms with Crippen LogP contribution in [0.15, 0.2) is 69.4 Å². The number of aromatic amines is 1. The lowest BCUT2D eigenvalue weighted by Crippen LogP contribution is -2.25. The summed E-state index contributed by atoms with van der Waals surface area (Å²) in [5.41, 5.74) is 2.29. The number of nitrogens with one attached hydrogen (secondary N) is 3. The maximum atomic E-state index is 13.0. The number of pyridine rings is 1. The molecule has 0 saturated heterocycles. The van der Waals surface area contributed by atoms with Crippen molar-refractivity contribution >= 4 is 46.1 Å². The minimum absolute atomic E-state index is 0.0297. The molecule has 9 nitrogen and oxygen atoms in total. The number of fused-ring (bicyclic) bond motifs is 2. The highest BCUT2D eigenvalue weighted by Crippen LogP contribution is 2.34. The molecule has 1 aliphatic heterocycles. The minimum Gasteiger partial charge on any atom is -0.482 e. The predicted octanol–water partition coefficient (Wildman–Crippen LogP) is 3.29. The van der Waals surface area contributed by atoms with Crippen molar-refractivity contribution in [2.24, 2.45) is 0 Å². The van der Waals surface area contributed by atoms with E-state index in [9.17, 15) is 14.4 Å². The van der Waals surface area contributed by atoms with Crippen LogP contribution in [0, 0.1) is 6.92 Å². The van der Waals surface area contributed by atoms with Crippen molar-refractivity contribution in [3.8, 4) is 5.75 Å². The summed E-state index contributed by atoms with van der Waals surface area (Å²) in [5.74, 6) is 0.0218. The molecule has 0 fully saturated rings. The Kier molecular flexibility index (Phi) is 5.72. The van der Waals surface area contributed by atoms with Gasteiger partial charge in [-0.05, 0) is 48.4 Å². The van der Waals surface area contributed by atoms with E-state index in [0.717, 1.165) is 15.4 Å². The van der Waals surface area contributed by atoms with Crippen LogP contribution in [-0.2, 0) is 16.0 Å². The largest absolute Gasteiger partial charge is 0.482 e. The third-order valence-electron chi connectivity index (χ3n) is 5.19. The second-order valence-electron chi connectivity index (χ2n) is 7.70. The number of carbonyl (C=O) groups excluding carboxylic acids is 2. The van der Waals surface area contributed by atoms with Crippen LogP contribution in [0.4, 0.5) is 11.6 Å². The first-order valence-corrected chi connectivity index (χ1v) is 11.2. The number of carbonyl (C=O) groups is 2. The van der Waals surface area contributed by atoms with Crippen LogP contribution in [0.5, 0.6) is 5.75 Å². The number of benzene rings is 2. The zero-order chi connectivity index (χ0) is 23.7. The third kappa shape index (κ3) is 4.48. The molecule has 3 heterocycles. The van der Waals surface area contributed by atoms with E-state index in [1.54, 1.807) is 36.7 Å². The first-order chi connectivity index (χ1) is 16.5. The van der Waals surface area contributed by atoms with Crippen molar-refractivity contribution < 1.29 is 14.3 Å². The second kappa shape index (κ2) is 8.99. The van der Waals surface area contributed by atoms with Gasteiger partial charge < -0.3 is 10.1 Å². The van der Waals surface area contributed by atoms with Crippen LogP contribution in [0.2, 0.25) is 0 Å². The second-order valence-corrected chi connectivity index (χ2v) is 8.78. The lowest BCUT2D eigenvalue weighted by atomic mass is 10.1. The number of aryl methyl sites for hydroxylation is 1. The van der Waals surface area contributed by atoms with Gasteiger partial charge in [0.05, 0.1) is 23.0 Å². The van der Waals surface area contributed by atoms with E-state index in [-0.39, 0.29) is 36.3 Å². The first-order valence-electron chi connectivity index (χ1n) is 10.4. The molecule has 0 atom stereocenters. The molecule has 3 N–H and O–H groups in total. The zero-order valence-electron chi connectivity index (χ0n) is 18.0. The Hall–Kier alpha value is -4.18. The molecule has 34 heavy (non-hydrogen) atoms. The fraction of sp³-hybridized carbons (Fsp3) is 0.125. The summed E-state index contributed by atoms with van der Waals surface area (Å²) < 4.78 is 5.33. The van der Waals surface area contributed by atoms with E-state index in [4.69, 9.17) is 4.74 Å². The topological polar surface area (TPSA) is 126 Å². The Morgan fingerprint density at radius 1 is 1.15 bits per heavy atom. The van der Waals surface area contributed by atoms with Gasteiger partial charge in [0, 0.05) is 22.2 Å². The molecule has 0 saturated carbocycles. The normalized spacial score (nSPS) is 12.6. The molecular formula is C24H19N5O4S. The van der Waals surface area contributed by atoms with Gasteiger partial charge in [0.2, 0.25) is 11.9 Å². The van der Waals surface area contributed by atoms with Crippen molar-refractivity contribution in [3.05, 3.63) is 76.3 Å². The van der Waals surface area contributed by atoms with Gasteiger partial charge in [0.25, 0.3) is 11.5 Å². The van der Waals surface area contributed by atoms with Crippen LogP contribution in [0.3, 0.4) is 0 Å². The Morgan fingerprint density at radius 2 is 1.97 bits per heavy atom. The van der Waals surface area contributed by atoms with Crippen molar-refractivity contribution in [2.75, 3.05) is 17.2 Å². The molecule has 10 heteroatoms. The fourth-order valence-corrected chi connectivity index (χ4v) is 4.65. The van der Waals surface area contributed by atoms with Crippen LogP contribution in [0.25, 0.3) is 10.9 Å². The Labute approximate surface area is 198 Å². The number of rotatable bonds is 5. The summed E-state index contributed by atoms with van der Waals surface area (Å²) in [6.45, 7) is 1.90. The highest BCUT2D eigenvalue weighted by molar-refractivity contribution is 7.99. The average molecular weight is 474 g/mol. The third-order valence-corrected chi connectivity index (χ3v) is 6.43. The van der Waals surface area contributed by atoms with Gasteiger partial charge in [-0.1, -0.05) is 23.9 Å². The average Bonchev–Trinajstić information content (AvgIpc) is 2.81. The molecule has 0 radical (unpaired) electrons. The minimum atomic E-state index is -0.357. The van der Waals surface area contributed by atoms with E-state index in [1.807, 2.05) is 25.1 Å². The van der Waals surface area contributed by atoms with Gasteiger partial charge >= 0.3 is 0 Å². The van der Waals surface area contributed by atoms with Gasteiger partial charge in [0.15, 0.2) is 6.61 Å². The number of amides is 2. The number of anilines is 2. The van der Waals surface area contributed by atoms with Crippen LogP contribution < -0.4 is 20.9 Å². The molecule has 0 unspecified atom stereocenters. The fourth-order valence-electron chi connectivity index (χ4n) is 3.62. The van der Waals surface area contributed by atoms with Crippen LogP contribution in [0.1, 0.15) is 11.1 Å². The van der Waals surface area contributed by atoms with Gasteiger partial charge in [-0.3, -0.25) is 29.7 Å². The smallest absolute Gasteiger partial charge is 0.262 e. The zero-order valence-corrected chi connectivity index (χ0v) is 18.9. The maximum Gasteiger partial charge on any atom is 0.262 e. The molecule has 1 aliphatic rings. The SMILES string of the molecule is Cc1ccc2nc(NC(=O)Cc3ccc4c(c3)NC(=O)CO4)[nH]c(=O)c2c1Sc1ccncc1. The molecule has 5 rings (SSSR count). The summed E-state index contributed by atoms with van der Waals surface area (Å²) in [5, 5.41) is 5.84. The number of nitrogens with zero attached hydrogens (tertiary/aromatic N) is 2. The van der Waals surface area contributed by atoms with Crippen LogP contribution >= 0.6 is 11.8 Å². The van der Waals surface area contributed by atoms with Crippen LogP contribution in [-0.4, -0.2) is 33.4 Å². The summed E-state index contributed by atoms with van der Waals surface area (Å²) in [6.07, 6.45) is 3.42. The monoisotopic (exact) mass is 473 g/mol. The van der Waals surface area contributed by atoms with E-state index >= 15 is 0 Å². The Morgan fingerprint density at radius 3 is 2.79 bits per heavy atom. The molecule has 0 aliphatic carbocycles. The summed E-state index contributed by atoms with van der Waals surface area (Å²) in [7, 11) is 0. The summed E-state index contributed by atoms with van der Waals surface area (Å²) in [4.78, 5) is 50.0. The highest BCUT2D eigenvalue weighted by Gasteiger charge is 2.18. The lowest BCUT2D eigenvalue weighted by Gasteiger charge is -2.18. The molecule has 2 aromatic carbocycles. The molecule has 2 amide bonds. The lowest BCUT2D eigenvalue weighted by molar-refractivity contribution is -0.118. The first kappa shape index (κ1) is 21.7. The van der Waals surface area contributed by atoms with Crippen molar-refractivity contribution in [3.63, 3.8) is 0 Å². The molecule has 0 spiro atoms. The Balaban J connectivity index is 1.38. The molecule has 0 bridgehead atoms. The van der Waals surface area contributed by atoms with E-state index in [0.29, 0.717) is 27.9 Å². The predicted molar refractivity (Wildman–Crippen MR) is 128 cm³/mol. The number of H-pyrrole nitrogens is 1.